The third kappa shape index (κ3) is 4.64. The lowest BCUT2D eigenvalue weighted by Gasteiger charge is -2.22. The second kappa shape index (κ2) is 8.98. The molecule has 0 unspecified atom stereocenters. The number of sulfonamides is 1. The van der Waals surface area contributed by atoms with E-state index < -0.39 is 10.0 Å². The summed E-state index contributed by atoms with van der Waals surface area (Å²) in [4.78, 5) is 0.0281. The van der Waals surface area contributed by atoms with E-state index in [2.05, 4.69) is 25.6 Å². The summed E-state index contributed by atoms with van der Waals surface area (Å²) < 4.78 is 30.6. The Morgan fingerprint density at radius 1 is 0.967 bits per heavy atom. The van der Waals surface area contributed by atoms with Crippen LogP contribution in [0.3, 0.4) is 0 Å². The minimum Gasteiger partial charge on any atom is -0.872 e. The van der Waals surface area contributed by atoms with E-state index in [0.29, 0.717) is 16.7 Å². The molecule has 0 aliphatic rings. The van der Waals surface area contributed by atoms with Gasteiger partial charge in [-0.2, -0.15) is 8.42 Å². The van der Waals surface area contributed by atoms with Crippen LogP contribution in [0.5, 0.6) is 5.75 Å². The molecule has 0 aliphatic carbocycles. The van der Waals surface area contributed by atoms with Crippen LogP contribution in [0.2, 0.25) is 10.0 Å². The molecule has 0 atom stereocenters. The Balaban J connectivity index is 2.17. The summed E-state index contributed by atoms with van der Waals surface area (Å²) in [5, 5.41) is 15.4. The van der Waals surface area contributed by atoms with Crippen molar-refractivity contribution in [3.8, 4) is 5.75 Å². The van der Waals surface area contributed by atoms with Crippen LogP contribution in [0.1, 0.15) is 16.7 Å². The Labute approximate surface area is 193 Å². The molecule has 3 rings (SSSR count). The van der Waals surface area contributed by atoms with Gasteiger partial charge in [0, 0.05) is 10.0 Å². The molecule has 0 aliphatic heterocycles. The second-order valence-corrected chi connectivity index (χ2v) is 9.72. The van der Waals surface area contributed by atoms with Crippen molar-refractivity contribution in [3.05, 3.63) is 85.8 Å². The Kier molecular flexibility index (Phi) is 6.77. The van der Waals surface area contributed by atoms with Crippen LogP contribution < -0.4 is 10.4 Å². The van der Waals surface area contributed by atoms with Gasteiger partial charge in [-0.05, 0) is 49.2 Å². The number of nitrogens with one attached hydrogen (secondary N) is 1. The zero-order valence-corrected chi connectivity index (χ0v) is 19.8. The summed E-state index contributed by atoms with van der Waals surface area (Å²) in [5.74, 6) is -0.240. The molecule has 30 heavy (non-hydrogen) atoms. The highest BCUT2D eigenvalue weighted by Gasteiger charge is 2.19. The molecule has 5 nitrogen and oxygen atoms in total. The number of hydrogen-bond donors (Lipinski definition) is 1. The first-order chi connectivity index (χ1) is 14.1. The quantitative estimate of drug-likeness (QED) is 0.349. The van der Waals surface area contributed by atoms with E-state index >= 15 is 0 Å². The molecule has 0 saturated heterocycles. The fourth-order valence-corrected chi connectivity index (χ4v) is 4.45. The van der Waals surface area contributed by atoms with Gasteiger partial charge in [0.15, 0.2) is 5.84 Å². The van der Waals surface area contributed by atoms with Gasteiger partial charge in [-0.3, -0.25) is 0 Å². The van der Waals surface area contributed by atoms with Gasteiger partial charge in [0.05, 0.1) is 20.6 Å². The van der Waals surface area contributed by atoms with Gasteiger partial charge in [-0.1, -0.05) is 75.2 Å². The van der Waals surface area contributed by atoms with E-state index in [1.165, 1.54) is 12.1 Å². The molecule has 3 aromatic rings. The van der Waals surface area contributed by atoms with Crippen LogP contribution in [0, 0.1) is 13.8 Å². The van der Waals surface area contributed by atoms with Crippen LogP contribution in [0.25, 0.3) is 0 Å². The van der Waals surface area contributed by atoms with Gasteiger partial charge < -0.3 is 10.4 Å². The third-order valence-electron chi connectivity index (χ3n) is 4.39. The van der Waals surface area contributed by atoms with Crippen molar-refractivity contribution < 1.29 is 13.5 Å². The van der Waals surface area contributed by atoms with Gasteiger partial charge >= 0.3 is 0 Å². The highest BCUT2D eigenvalue weighted by atomic mass is 79.9. The molecule has 0 heterocycles. The number of anilines is 1. The molecule has 0 aromatic heterocycles. The minimum absolute atomic E-state index is 0.0276. The summed E-state index contributed by atoms with van der Waals surface area (Å²) in [7, 11) is -4.04. The van der Waals surface area contributed by atoms with Gasteiger partial charge in [-0.25, -0.2) is 0 Å². The maximum atomic E-state index is 12.9. The second-order valence-electron chi connectivity index (χ2n) is 6.44. The lowest BCUT2D eigenvalue weighted by molar-refractivity contribution is -0.270. The van der Waals surface area contributed by atoms with E-state index in [4.69, 9.17) is 23.2 Å². The lowest BCUT2D eigenvalue weighted by atomic mass is 10.1. The molecular formula is C21H16BrCl2N2O3S-. The summed E-state index contributed by atoms with van der Waals surface area (Å²) in [5.41, 5.74) is 1.35. The number of benzene rings is 3. The highest BCUT2D eigenvalue weighted by Crippen LogP contribution is 2.41. The molecular weight excluding hydrogens is 511 g/mol. The molecule has 3 aromatic carbocycles. The molecule has 9 heteroatoms. The zero-order chi connectivity index (χ0) is 22.1. The number of hydrogen-bond acceptors (Lipinski definition) is 3. The lowest BCUT2D eigenvalue weighted by Crippen LogP contribution is -2.18. The monoisotopic (exact) mass is 525 g/mol. The Bertz CT molecular complexity index is 1200. The molecule has 0 saturated carbocycles. The van der Waals surface area contributed by atoms with Gasteiger partial charge in [0.2, 0.25) is 0 Å². The van der Waals surface area contributed by atoms with Crippen molar-refractivity contribution in [2.75, 3.05) is 5.32 Å². The van der Waals surface area contributed by atoms with Gasteiger partial charge in [0.25, 0.3) is 10.0 Å². The van der Waals surface area contributed by atoms with Crippen molar-refractivity contribution in [1.29, 1.82) is 0 Å². The first-order valence-electron chi connectivity index (χ1n) is 8.70. The van der Waals surface area contributed by atoms with Crippen molar-refractivity contribution >= 4 is 60.7 Å². The predicted molar refractivity (Wildman–Crippen MR) is 123 cm³/mol. The maximum Gasteiger partial charge on any atom is 0.284 e. The molecule has 1 N–H and O–H groups in total. The normalized spacial score (nSPS) is 12.1. The number of amidine groups is 1. The maximum absolute atomic E-state index is 12.9. The summed E-state index contributed by atoms with van der Waals surface area (Å²) in [6, 6.07) is 14.8. The standard InChI is InChI=1S/C21H17BrCl2N2O3S/c1-12-17(23)19(18(24)13(2)20(12)27)25-21(14-6-4-3-5-7-14)26-30(28,29)16-10-8-15(22)9-11-16/h3-11,27H,1-2H3,(H,25,26)/p-1. The Hall–Kier alpha value is -2.06. The fourth-order valence-electron chi connectivity index (χ4n) is 2.70. The van der Waals surface area contributed by atoms with Crippen LogP contribution >= 0.6 is 39.1 Å². The highest BCUT2D eigenvalue weighted by molar-refractivity contribution is 9.10. The summed E-state index contributed by atoms with van der Waals surface area (Å²) in [6.45, 7) is 3.16. The number of rotatable bonds is 4. The Morgan fingerprint density at radius 2 is 1.50 bits per heavy atom. The number of nitrogens with zero attached hydrogens (tertiary/aromatic N) is 1. The van der Waals surface area contributed by atoms with Crippen molar-refractivity contribution in [2.24, 2.45) is 4.40 Å². The first kappa shape index (κ1) is 22.6. The van der Waals surface area contributed by atoms with E-state index in [-0.39, 0.29) is 32.2 Å². The molecule has 0 bridgehead atoms. The van der Waals surface area contributed by atoms with Crippen molar-refractivity contribution in [1.82, 2.24) is 0 Å². The summed E-state index contributed by atoms with van der Waals surface area (Å²) >= 11 is 16.0. The van der Waals surface area contributed by atoms with E-state index in [0.717, 1.165) is 4.47 Å². The SMILES string of the molecule is Cc1c([O-])c(C)c(Cl)c(NC(=NS(=O)(=O)c2ccc(Br)cc2)c2ccccc2)c1Cl. The fraction of sp³-hybridized carbons (Fsp3) is 0.0952. The number of halogens is 3. The van der Waals surface area contributed by atoms with Crippen LogP contribution in [0.4, 0.5) is 5.69 Å². The molecule has 0 radical (unpaired) electrons. The molecule has 0 fully saturated rings. The largest absolute Gasteiger partial charge is 0.872 e. The topological polar surface area (TPSA) is 81.6 Å². The van der Waals surface area contributed by atoms with Crippen LogP contribution in [0.15, 0.2) is 68.4 Å². The third-order valence-corrected chi connectivity index (χ3v) is 7.16. The molecule has 0 amide bonds. The van der Waals surface area contributed by atoms with Gasteiger partial charge in [0.1, 0.15) is 0 Å². The average molecular weight is 527 g/mol. The Morgan fingerprint density at radius 3 is 2.03 bits per heavy atom. The van der Waals surface area contributed by atoms with Crippen LogP contribution in [-0.2, 0) is 10.0 Å². The average Bonchev–Trinajstić information content (AvgIpc) is 2.74. The van der Waals surface area contributed by atoms with Crippen LogP contribution in [-0.4, -0.2) is 14.3 Å². The molecule has 0 spiro atoms. The summed E-state index contributed by atoms with van der Waals surface area (Å²) in [6.07, 6.45) is 0. The molecule has 156 valence electrons. The van der Waals surface area contributed by atoms with E-state index in [9.17, 15) is 13.5 Å². The predicted octanol–water partition coefficient (Wildman–Crippen LogP) is 5.69. The zero-order valence-electron chi connectivity index (χ0n) is 15.9. The van der Waals surface area contributed by atoms with E-state index in [1.54, 1.807) is 56.3 Å². The minimum atomic E-state index is -4.04. The first-order valence-corrected chi connectivity index (χ1v) is 11.7. The smallest absolute Gasteiger partial charge is 0.284 e. The van der Waals surface area contributed by atoms with Crippen molar-refractivity contribution in [3.63, 3.8) is 0 Å². The van der Waals surface area contributed by atoms with Gasteiger partial charge in [-0.15, -0.1) is 4.40 Å². The van der Waals surface area contributed by atoms with Crippen molar-refractivity contribution in [2.45, 2.75) is 18.7 Å². The van der Waals surface area contributed by atoms with E-state index in [1.807, 2.05) is 0 Å².